The van der Waals surface area contributed by atoms with Crippen LogP contribution in [-0.4, -0.2) is 50.3 Å². The first-order valence-electron chi connectivity index (χ1n) is 7.77. The molecule has 0 aromatic carbocycles. The smallest absolute Gasteiger partial charge is 0.199 e. The number of aromatic nitrogens is 4. The largest absolute Gasteiger partial charge is 0.383 e. The van der Waals surface area contributed by atoms with Crippen LogP contribution in [0.4, 0.5) is 0 Å². The average molecular weight is 325 g/mol. The molecule has 0 spiro atoms. The highest BCUT2D eigenvalue weighted by molar-refractivity contribution is 6.27. The van der Waals surface area contributed by atoms with Gasteiger partial charge in [-0.15, -0.1) is 0 Å². The Hall–Kier alpha value is -2.83. The van der Waals surface area contributed by atoms with Gasteiger partial charge < -0.3 is 4.90 Å². The quantitative estimate of drug-likeness (QED) is 0.347. The maximum Gasteiger partial charge on any atom is 0.199 e. The fourth-order valence-corrected chi connectivity index (χ4v) is 2.44. The summed E-state index contributed by atoms with van der Waals surface area (Å²) in [7, 11) is 3.60. The van der Waals surface area contributed by atoms with E-state index in [1.54, 1.807) is 44.3 Å². The minimum Gasteiger partial charge on any atom is -0.383 e. The van der Waals surface area contributed by atoms with E-state index in [0.717, 1.165) is 12.8 Å². The molecule has 1 aliphatic rings. The van der Waals surface area contributed by atoms with Crippen molar-refractivity contribution >= 4 is 11.6 Å². The normalized spacial score (nSPS) is 14.5. The number of Topliss-reactive ketones (excluding diaryl/α,β-unsaturated/α-hetero) is 2. The monoisotopic (exact) mass is 325 g/mol. The van der Waals surface area contributed by atoms with Gasteiger partial charge in [0.05, 0.1) is 11.3 Å². The molecular weight excluding hydrogens is 306 g/mol. The van der Waals surface area contributed by atoms with Gasteiger partial charge in [0, 0.05) is 31.8 Å². The lowest BCUT2D eigenvalue weighted by Gasteiger charge is -2.12. The molecule has 0 amide bonds. The van der Waals surface area contributed by atoms with Gasteiger partial charge in [-0.2, -0.15) is 5.10 Å². The van der Waals surface area contributed by atoms with E-state index in [2.05, 4.69) is 15.1 Å². The second-order valence-electron chi connectivity index (χ2n) is 6.12. The van der Waals surface area contributed by atoms with Crippen molar-refractivity contribution in [3.63, 3.8) is 0 Å². The molecule has 7 heteroatoms. The van der Waals surface area contributed by atoms with Crippen LogP contribution < -0.4 is 0 Å². The lowest BCUT2D eigenvalue weighted by molar-refractivity contribution is -0.116. The molecule has 0 N–H and O–H groups in total. The Morgan fingerprint density at radius 2 is 2.04 bits per heavy atom. The third-order valence-electron chi connectivity index (χ3n) is 3.81. The zero-order valence-corrected chi connectivity index (χ0v) is 13.9. The summed E-state index contributed by atoms with van der Waals surface area (Å²) in [6.45, 7) is 1.75. The van der Waals surface area contributed by atoms with Gasteiger partial charge in [0.2, 0.25) is 0 Å². The summed E-state index contributed by atoms with van der Waals surface area (Å²) < 4.78 is 1.52. The van der Waals surface area contributed by atoms with Gasteiger partial charge in [0.1, 0.15) is 12.7 Å². The fourth-order valence-electron chi connectivity index (χ4n) is 2.44. The summed E-state index contributed by atoms with van der Waals surface area (Å²) in [6.07, 6.45) is 6.28. The predicted octanol–water partition coefficient (Wildman–Crippen LogP) is 1.58. The van der Waals surface area contributed by atoms with Crippen LogP contribution in [0.25, 0.3) is 5.82 Å². The van der Waals surface area contributed by atoms with Crippen molar-refractivity contribution < 1.29 is 9.59 Å². The van der Waals surface area contributed by atoms with Crippen molar-refractivity contribution in [3.8, 4) is 5.82 Å². The van der Waals surface area contributed by atoms with Crippen molar-refractivity contribution in [3.05, 3.63) is 47.8 Å². The summed E-state index contributed by atoms with van der Waals surface area (Å²) in [6, 6.07) is 3.38. The van der Waals surface area contributed by atoms with Crippen LogP contribution in [0.2, 0.25) is 0 Å². The number of rotatable bonds is 6. The first kappa shape index (κ1) is 16.0. The molecule has 0 aliphatic heterocycles. The Morgan fingerprint density at radius 1 is 1.29 bits per heavy atom. The molecule has 1 aliphatic carbocycles. The van der Waals surface area contributed by atoms with Crippen LogP contribution >= 0.6 is 0 Å². The Kier molecular flexibility index (Phi) is 4.24. The number of carbonyl (C=O) groups excluding carboxylic acids is 2. The molecule has 3 rings (SSSR count). The lowest BCUT2D eigenvalue weighted by Crippen LogP contribution is -2.19. The number of allylic oxidation sites excluding steroid dienone is 1. The maximum absolute atomic E-state index is 12.9. The Balaban J connectivity index is 1.94. The van der Waals surface area contributed by atoms with Crippen molar-refractivity contribution in [1.29, 1.82) is 0 Å². The minimum absolute atomic E-state index is 0.0113. The van der Waals surface area contributed by atoms with Crippen molar-refractivity contribution in [2.45, 2.75) is 19.8 Å². The van der Waals surface area contributed by atoms with Crippen LogP contribution in [0.1, 0.15) is 28.9 Å². The summed E-state index contributed by atoms with van der Waals surface area (Å²) in [5, 5.41) is 4.02. The molecule has 1 fully saturated rings. The SMILES string of the molecule is Cc1nc(-n2cncn2)ccc1C(=O)C(=CN(C)C)C(=O)C1CC1. The molecular formula is C17H19N5O2. The van der Waals surface area contributed by atoms with Gasteiger partial charge in [-0.25, -0.2) is 14.6 Å². The van der Waals surface area contributed by atoms with Gasteiger partial charge in [0.15, 0.2) is 17.4 Å². The number of carbonyl (C=O) groups is 2. The molecule has 124 valence electrons. The third-order valence-corrected chi connectivity index (χ3v) is 3.81. The molecule has 2 aromatic heterocycles. The molecule has 24 heavy (non-hydrogen) atoms. The molecule has 0 atom stereocenters. The Bertz CT molecular complexity index is 804. The fraction of sp³-hybridized carbons (Fsp3) is 0.353. The highest BCUT2D eigenvalue weighted by Gasteiger charge is 2.35. The Morgan fingerprint density at radius 3 is 2.58 bits per heavy atom. The zero-order valence-electron chi connectivity index (χ0n) is 13.9. The van der Waals surface area contributed by atoms with Gasteiger partial charge in [-0.1, -0.05) is 0 Å². The number of hydrogen-bond donors (Lipinski definition) is 0. The van der Waals surface area contributed by atoms with Gasteiger partial charge in [-0.05, 0) is 31.9 Å². The number of ketones is 2. The number of aryl methyl sites for hydroxylation is 1. The summed E-state index contributed by atoms with van der Waals surface area (Å²) >= 11 is 0. The topological polar surface area (TPSA) is 81.0 Å². The van der Waals surface area contributed by atoms with E-state index in [9.17, 15) is 9.59 Å². The van der Waals surface area contributed by atoms with E-state index in [1.165, 1.54) is 17.3 Å². The van der Waals surface area contributed by atoms with E-state index >= 15 is 0 Å². The summed E-state index contributed by atoms with van der Waals surface area (Å²) in [5.41, 5.74) is 1.21. The van der Waals surface area contributed by atoms with E-state index in [4.69, 9.17) is 0 Å². The summed E-state index contributed by atoms with van der Waals surface area (Å²) in [4.78, 5) is 35.4. The second kappa shape index (κ2) is 6.35. The number of pyridine rings is 1. The van der Waals surface area contributed by atoms with Gasteiger partial charge in [0.25, 0.3) is 0 Å². The van der Waals surface area contributed by atoms with Crippen molar-refractivity contribution in [2.75, 3.05) is 14.1 Å². The predicted molar refractivity (Wildman–Crippen MR) is 87.7 cm³/mol. The first-order chi connectivity index (χ1) is 11.5. The van der Waals surface area contributed by atoms with Crippen LogP contribution in [0.15, 0.2) is 36.6 Å². The standard InChI is InChI=1S/C17H19N5O2/c1-11-13(6-7-15(20-11)22-10-18-9-19-22)17(24)14(8-21(2)3)16(23)12-4-5-12/h6-10,12H,4-5H2,1-3H3. The van der Waals surface area contributed by atoms with Crippen LogP contribution in [-0.2, 0) is 4.79 Å². The van der Waals surface area contributed by atoms with E-state index in [0.29, 0.717) is 17.1 Å². The van der Waals surface area contributed by atoms with Crippen molar-refractivity contribution in [1.82, 2.24) is 24.6 Å². The van der Waals surface area contributed by atoms with E-state index in [1.807, 2.05) is 0 Å². The van der Waals surface area contributed by atoms with Gasteiger partial charge in [-0.3, -0.25) is 9.59 Å². The average Bonchev–Trinajstić information content (AvgIpc) is 3.25. The number of nitrogens with zero attached hydrogens (tertiary/aromatic N) is 5. The maximum atomic E-state index is 12.9. The molecule has 0 unspecified atom stereocenters. The minimum atomic E-state index is -0.282. The first-order valence-corrected chi connectivity index (χ1v) is 7.77. The molecule has 0 saturated heterocycles. The molecule has 0 bridgehead atoms. The Labute approximate surface area is 140 Å². The molecule has 0 radical (unpaired) electrons. The summed E-state index contributed by atoms with van der Waals surface area (Å²) in [5.74, 6) is 0.209. The molecule has 2 heterocycles. The molecule has 1 saturated carbocycles. The third kappa shape index (κ3) is 3.24. The van der Waals surface area contributed by atoms with Crippen molar-refractivity contribution in [2.24, 2.45) is 5.92 Å². The second-order valence-corrected chi connectivity index (χ2v) is 6.12. The van der Waals surface area contributed by atoms with Crippen LogP contribution in [0.3, 0.4) is 0 Å². The molecule has 7 nitrogen and oxygen atoms in total. The lowest BCUT2D eigenvalue weighted by atomic mass is 9.97. The van der Waals surface area contributed by atoms with Crippen LogP contribution in [0.5, 0.6) is 0 Å². The zero-order chi connectivity index (χ0) is 17.3. The van der Waals surface area contributed by atoms with Gasteiger partial charge >= 0.3 is 0 Å². The van der Waals surface area contributed by atoms with E-state index < -0.39 is 0 Å². The highest BCUT2D eigenvalue weighted by atomic mass is 16.1. The highest BCUT2D eigenvalue weighted by Crippen LogP contribution is 2.33. The number of hydrogen-bond acceptors (Lipinski definition) is 6. The molecule has 2 aromatic rings. The van der Waals surface area contributed by atoms with Crippen LogP contribution in [0, 0.1) is 12.8 Å². The van der Waals surface area contributed by atoms with E-state index in [-0.39, 0.29) is 23.1 Å².